The molecule has 1 amide bonds. The number of carbonyl (C=O) groups is 2. The van der Waals surface area contributed by atoms with Crippen LogP contribution in [-0.2, 0) is 4.79 Å². The highest BCUT2D eigenvalue weighted by molar-refractivity contribution is 5.95. The summed E-state index contributed by atoms with van der Waals surface area (Å²) in [5, 5.41) is 19.6. The number of rotatable bonds is 7. The van der Waals surface area contributed by atoms with E-state index in [2.05, 4.69) is 15.6 Å². The van der Waals surface area contributed by atoms with Crippen LogP contribution in [0.1, 0.15) is 43.5 Å². The second-order valence-corrected chi connectivity index (χ2v) is 5.41. The number of carboxylic acid groups (broad SMARTS) is 1. The zero-order valence-corrected chi connectivity index (χ0v) is 13.2. The molecule has 2 aromatic rings. The van der Waals surface area contributed by atoms with Crippen LogP contribution in [0.5, 0.6) is 0 Å². The molecule has 2 rings (SSSR count). The van der Waals surface area contributed by atoms with Gasteiger partial charge in [-0.05, 0) is 31.0 Å². The van der Waals surface area contributed by atoms with E-state index in [0.717, 1.165) is 0 Å². The Kier molecular flexibility index (Phi) is 5.10. The summed E-state index contributed by atoms with van der Waals surface area (Å²) >= 11 is 0. The van der Waals surface area contributed by atoms with Gasteiger partial charge in [0.25, 0.3) is 5.91 Å². The van der Waals surface area contributed by atoms with Gasteiger partial charge in [-0.25, -0.2) is 4.68 Å². The van der Waals surface area contributed by atoms with E-state index in [0.29, 0.717) is 24.1 Å². The normalized spacial score (nSPS) is 11.2. The van der Waals surface area contributed by atoms with Crippen LogP contribution in [0.2, 0.25) is 0 Å². The molecule has 1 aromatic carbocycles. The number of carbonyl (C=O) groups excluding carboxylic acids is 1. The van der Waals surface area contributed by atoms with Crippen molar-refractivity contribution in [1.29, 1.82) is 0 Å². The maximum absolute atomic E-state index is 12.5. The van der Waals surface area contributed by atoms with Gasteiger partial charge >= 0.3 is 5.97 Å². The van der Waals surface area contributed by atoms with E-state index in [1.165, 1.54) is 0 Å². The molecule has 0 radical (unpaired) electrons. The fourth-order valence-electron chi connectivity index (χ4n) is 2.46. The molecule has 0 aliphatic heterocycles. The average molecular weight is 316 g/mol. The van der Waals surface area contributed by atoms with Gasteiger partial charge in [-0.3, -0.25) is 9.59 Å². The van der Waals surface area contributed by atoms with Crippen molar-refractivity contribution in [3.63, 3.8) is 0 Å². The quantitative estimate of drug-likeness (QED) is 0.814. The van der Waals surface area contributed by atoms with Crippen LogP contribution in [0.25, 0.3) is 5.69 Å². The minimum atomic E-state index is -0.926. The molecule has 1 heterocycles. The number of aliphatic carboxylic acids is 1. The largest absolute Gasteiger partial charge is 0.481 e. The molecular weight excluding hydrogens is 296 g/mol. The number of aromatic nitrogens is 3. The van der Waals surface area contributed by atoms with E-state index < -0.39 is 11.5 Å². The number of hydrogen-bond acceptors (Lipinski definition) is 4. The average Bonchev–Trinajstić information content (AvgIpc) is 3.08. The maximum Gasteiger partial charge on any atom is 0.305 e. The summed E-state index contributed by atoms with van der Waals surface area (Å²) in [7, 11) is 0. The van der Waals surface area contributed by atoms with Crippen molar-refractivity contribution in [3.05, 3.63) is 42.2 Å². The van der Waals surface area contributed by atoms with Gasteiger partial charge in [-0.2, -0.15) is 0 Å². The lowest BCUT2D eigenvalue weighted by atomic mass is 9.88. The topological polar surface area (TPSA) is 97.1 Å². The predicted molar refractivity (Wildman–Crippen MR) is 84.4 cm³/mol. The molecule has 0 aliphatic rings. The van der Waals surface area contributed by atoms with E-state index in [9.17, 15) is 9.59 Å². The summed E-state index contributed by atoms with van der Waals surface area (Å²) in [5.41, 5.74) is 0.424. The summed E-state index contributed by atoms with van der Waals surface area (Å²) in [4.78, 5) is 23.6. The minimum absolute atomic E-state index is 0.103. The van der Waals surface area contributed by atoms with Gasteiger partial charge in [0, 0.05) is 5.56 Å². The lowest BCUT2D eigenvalue weighted by molar-refractivity contribution is -0.138. The smallest absolute Gasteiger partial charge is 0.305 e. The van der Waals surface area contributed by atoms with Crippen molar-refractivity contribution in [2.45, 2.75) is 38.6 Å². The summed E-state index contributed by atoms with van der Waals surface area (Å²) in [6.45, 7) is 3.75. The van der Waals surface area contributed by atoms with Crippen LogP contribution in [0, 0.1) is 0 Å². The highest BCUT2D eigenvalue weighted by Gasteiger charge is 2.31. The first-order valence-corrected chi connectivity index (χ1v) is 7.50. The summed E-state index contributed by atoms with van der Waals surface area (Å²) in [6.07, 6.45) is 4.23. The Morgan fingerprint density at radius 1 is 1.30 bits per heavy atom. The fourth-order valence-corrected chi connectivity index (χ4v) is 2.46. The zero-order valence-electron chi connectivity index (χ0n) is 13.2. The second-order valence-electron chi connectivity index (χ2n) is 5.41. The third kappa shape index (κ3) is 3.94. The molecule has 0 unspecified atom stereocenters. The fraction of sp³-hybridized carbons (Fsp3) is 0.375. The molecule has 0 atom stereocenters. The Labute approximate surface area is 134 Å². The first-order valence-electron chi connectivity index (χ1n) is 7.50. The molecule has 0 saturated carbocycles. The van der Waals surface area contributed by atoms with E-state index in [1.807, 2.05) is 19.9 Å². The van der Waals surface area contributed by atoms with Crippen LogP contribution < -0.4 is 5.32 Å². The van der Waals surface area contributed by atoms with E-state index in [1.54, 1.807) is 35.3 Å². The third-order valence-electron chi connectivity index (χ3n) is 4.02. The molecule has 0 bridgehead atoms. The molecule has 0 spiro atoms. The summed E-state index contributed by atoms with van der Waals surface area (Å²) in [5.74, 6) is -1.22. The number of carboxylic acids is 1. The van der Waals surface area contributed by atoms with Crippen molar-refractivity contribution in [2.24, 2.45) is 0 Å². The molecule has 2 N–H and O–H groups in total. The van der Waals surface area contributed by atoms with Gasteiger partial charge in [-0.15, -0.1) is 5.10 Å². The standard InChI is InChI=1S/C16H20N4O3/c1-3-16(4-2,11-14(21)22)18-15(23)12-6-5-7-13(10-12)20-9-8-17-19-20/h5-10H,3-4,11H2,1-2H3,(H,18,23)(H,21,22). The Morgan fingerprint density at radius 2 is 2.04 bits per heavy atom. The van der Waals surface area contributed by atoms with Crippen molar-refractivity contribution in [3.8, 4) is 5.69 Å². The summed E-state index contributed by atoms with van der Waals surface area (Å²) < 4.78 is 1.56. The highest BCUT2D eigenvalue weighted by atomic mass is 16.4. The number of nitrogens with zero attached hydrogens (tertiary/aromatic N) is 3. The van der Waals surface area contributed by atoms with E-state index in [4.69, 9.17) is 5.11 Å². The van der Waals surface area contributed by atoms with E-state index >= 15 is 0 Å². The van der Waals surface area contributed by atoms with Gasteiger partial charge < -0.3 is 10.4 Å². The maximum atomic E-state index is 12.5. The Morgan fingerprint density at radius 3 is 2.61 bits per heavy atom. The molecule has 23 heavy (non-hydrogen) atoms. The minimum Gasteiger partial charge on any atom is -0.481 e. The molecular formula is C16H20N4O3. The van der Waals surface area contributed by atoms with Gasteiger partial charge in [0.1, 0.15) is 0 Å². The molecule has 7 nitrogen and oxygen atoms in total. The highest BCUT2D eigenvalue weighted by Crippen LogP contribution is 2.21. The Bertz CT molecular complexity index is 678. The van der Waals surface area contributed by atoms with Crippen LogP contribution in [0.15, 0.2) is 36.7 Å². The molecule has 122 valence electrons. The molecule has 0 fully saturated rings. The predicted octanol–water partition coefficient (Wildman–Crippen LogP) is 2.03. The first kappa shape index (κ1) is 16.7. The van der Waals surface area contributed by atoms with Gasteiger partial charge in [0.2, 0.25) is 0 Å². The Balaban J connectivity index is 2.23. The lowest BCUT2D eigenvalue weighted by Crippen LogP contribution is -2.49. The Hall–Kier alpha value is -2.70. The number of amides is 1. The van der Waals surface area contributed by atoms with Crippen LogP contribution in [0.3, 0.4) is 0 Å². The molecule has 0 saturated heterocycles. The third-order valence-corrected chi connectivity index (χ3v) is 4.02. The number of nitrogens with one attached hydrogen (secondary N) is 1. The second kappa shape index (κ2) is 7.04. The van der Waals surface area contributed by atoms with Crippen LogP contribution in [-0.4, -0.2) is 37.5 Å². The van der Waals surface area contributed by atoms with E-state index in [-0.39, 0.29) is 12.3 Å². The van der Waals surface area contributed by atoms with Crippen molar-refractivity contribution in [2.75, 3.05) is 0 Å². The zero-order chi connectivity index (χ0) is 16.9. The number of hydrogen-bond donors (Lipinski definition) is 2. The molecule has 1 aromatic heterocycles. The SMILES string of the molecule is CCC(CC)(CC(=O)O)NC(=O)c1cccc(-n2ccnn2)c1. The van der Waals surface area contributed by atoms with Crippen molar-refractivity contribution in [1.82, 2.24) is 20.3 Å². The lowest BCUT2D eigenvalue weighted by Gasteiger charge is -2.31. The van der Waals surface area contributed by atoms with Crippen molar-refractivity contribution < 1.29 is 14.7 Å². The molecule has 0 aliphatic carbocycles. The monoisotopic (exact) mass is 316 g/mol. The van der Waals surface area contributed by atoms with Crippen molar-refractivity contribution >= 4 is 11.9 Å². The van der Waals surface area contributed by atoms with Crippen LogP contribution in [0.4, 0.5) is 0 Å². The summed E-state index contributed by atoms with van der Waals surface area (Å²) in [6, 6.07) is 6.95. The van der Waals surface area contributed by atoms with Gasteiger partial charge in [0.15, 0.2) is 0 Å². The first-order chi connectivity index (χ1) is 11.0. The van der Waals surface area contributed by atoms with Gasteiger partial charge in [0.05, 0.1) is 30.0 Å². The number of benzene rings is 1. The van der Waals surface area contributed by atoms with Gasteiger partial charge in [-0.1, -0.05) is 25.1 Å². The molecule has 7 heteroatoms. The van der Waals surface area contributed by atoms with Crippen LogP contribution >= 0.6 is 0 Å².